The van der Waals surface area contributed by atoms with Crippen molar-refractivity contribution in [1.29, 1.82) is 0 Å². The number of piperazine rings is 1. The molecule has 0 radical (unpaired) electrons. The maximum Gasteiger partial charge on any atom is 0.243 e. The van der Waals surface area contributed by atoms with E-state index in [4.69, 9.17) is 0 Å². The van der Waals surface area contributed by atoms with Gasteiger partial charge in [0.15, 0.2) is 0 Å². The van der Waals surface area contributed by atoms with Gasteiger partial charge in [-0.2, -0.15) is 4.31 Å². The van der Waals surface area contributed by atoms with Crippen molar-refractivity contribution in [3.05, 3.63) is 84.4 Å². The van der Waals surface area contributed by atoms with Crippen molar-refractivity contribution in [3.63, 3.8) is 0 Å². The Morgan fingerprint density at radius 3 is 2.03 bits per heavy atom. The lowest BCUT2D eigenvalue weighted by molar-refractivity contribution is -0.115. The summed E-state index contributed by atoms with van der Waals surface area (Å²) in [6.45, 7) is 2.42. The highest BCUT2D eigenvalue weighted by Crippen LogP contribution is 2.21. The number of rotatable bonds is 6. The molecule has 0 aliphatic carbocycles. The molecule has 1 N–H and O–H groups in total. The first kappa shape index (κ1) is 22.2. The summed E-state index contributed by atoms with van der Waals surface area (Å²) in [4.78, 5) is 14.8. The maximum absolute atomic E-state index is 12.8. The third-order valence-corrected chi connectivity index (χ3v) is 7.58. The molecule has 7 heteroatoms. The first-order chi connectivity index (χ1) is 15.4. The predicted octanol–water partition coefficient (Wildman–Crippen LogP) is 3.47. The van der Waals surface area contributed by atoms with Crippen LogP contribution >= 0.6 is 0 Å². The summed E-state index contributed by atoms with van der Waals surface area (Å²) in [5, 5.41) is 2.85. The zero-order chi connectivity index (χ0) is 22.6. The Labute approximate surface area is 189 Å². The van der Waals surface area contributed by atoms with Crippen LogP contribution in [0.2, 0.25) is 0 Å². The summed E-state index contributed by atoms with van der Waals surface area (Å²) < 4.78 is 27.2. The molecule has 0 atom stereocenters. The first-order valence-corrected chi connectivity index (χ1v) is 12.1. The van der Waals surface area contributed by atoms with E-state index in [1.165, 1.54) is 4.31 Å². The fourth-order valence-electron chi connectivity index (χ4n) is 3.72. The quantitative estimate of drug-likeness (QED) is 0.626. The summed E-state index contributed by atoms with van der Waals surface area (Å²) >= 11 is 0. The largest absolute Gasteiger partial charge is 0.326 e. The minimum Gasteiger partial charge on any atom is -0.326 e. The number of carbonyl (C=O) groups excluding carboxylic acids is 1. The number of nitrogens with one attached hydrogen (secondary N) is 1. The number of likely N-dealkylation sites (N-methyl/N-ethyl adjacent to an activating group) is 1. The second kappa shape index (κ2) is 9.65. The molecule has 0 aromatic heterocycles. The van der Waals surface area contributed by atoms with Crippen LogP contribution in [0.15, 0.2) is 83.8 Å². The van der Waals surface area contributed by atoms with Crippen molar-refractivity contribution in [2.75, 3.05) is 38.5 Å². The Kier molecular flexibility index (Phi) is 6.69. The van der Waals surface area contributed by atoms with Gasteiger partial charge >= 0.3 is 0 Å². The Morgan fingerprint density at radius 2 is 1.41 bits per heavy atom. The van der Waals surface area contributed by atoms with E-state index in [0.717, 1.165) is 29.8 Å². The number of carbonyl (C=O) groups is 1. The molecule has 1 fully saturated rings. The number of anilines is 1. The van der Waals surface area contributed by atoms with Gasteiger partial charge in [0.2, 0.25) is 15.9 Å². The zero-order valence-corrected chi connectivity index (χ0v) is 18.9. The fraction of sp³-hybridized carbons (Fsp3) is 0.240. The molecule has 3 aromatic rings. The van der Waals surface area contributed by atoms with E-state index >= 15 is 0 Å². The predicted molar refractivity (Wildman–Crippen MR) is 127 cm³/mol. The van der Waals surface area contributed by atoms with Gasteiger partial charge in [-0.1, -0.05) is 54.6 Å². The molecule has 0 spiro atoms. The monoisotopic (exact) mass is 449 g/mol. The summed E-state index contributed by atoms with van der Waals surface area (Å²) in [6.07, 6.45) is 0.246. The lowest BCUT2D eigenvalue weighted by atomic mass is 10.0. The van der Waals surface area contributed by atoms with E-state index in [2.05, 4.69) is 22.3 Å². The van der Waals surface area contributed by atoms with Crippen LogP contribution < -0.4 is 5.32 Å². The van der Waals surface area contributed by atoms with E-state index in [0.29, 0.717) is 18.8 Å². The summed E-state index contributed by atoms with van der Waals surface area (Å²) in [7, 11) is -1.53. The third kappa shape index (κ3) is 5.24. The number of sulfonamides is 1. The minimum absolute atomic E-state index is 0.146. The molecule has 1 saturated heterocycles. The minimum atomic E-state index is -3.51. The number of hydrogen-bond donors (Lipinski definition) is 1. The number of amides is 1. The molecule has 32 heavy (non-hydrogen) atoms. The van der Waals surface area contributed by atoms with E-state index in [9.17, 15) is 13.2 Å². The third-order valence-electron chi connectivity index (χ3n) is 5.66. The van der Waals surface area contributed by atoms with Crippen LogP contribution in [0.4, 0.5) is 5.69 Å². The van der Waals surface area contributed by atoms with Crippen molar-refractivity contribution >= 4 is 21.6 Å². The topological polar surface area (TPSA) is 69.7 Å². The van der Waals surface area contributed by atoms with Gasteiger partial charge in [-0.3, -0.25) is 4.79 Å². The average molecular weight is 450 g/mol. The van der Waals surface area contributed by atoms with Gasteiger partial charge in [0.1, 0.15) is 0 Å². The Bertz CT molecular complexity index is 1150. The van der Waals surface area contributed by atoms with E-state index in [1.54, 1.807) is 24.3 Å². The Balaban J connectivity index is 1.36. The molecule has 166 valence electrons. The summed E-state index contributed by atoms with van der Waals surface area (Å²) in [5.74, 6) is -0.146. The van der Waals surface area contributed by atoms with Gasteiger partial charge in [0.05, 0.1) is 11.3 Å². The van der Waals surface area contributed by atoms with E-state index in [1.807, 2.05) is 49.5 Å². The molecule has 3 aromatic carbocycles. The van der Waals surface area contributed by atoms with Crippen molar-refractivity contribution in [2.45, 2.75) is 11.3 Å². The van der Waals surface area contributed by atoms with Crippen LogP contribution in [0.5, 0.6) is 0 Å². The zero-order valence-electron chi connectivity index (χ0n) is 18.1. The molecular formula is C25H27N3O3S. The fourth-order valence-corrected chi connectivity index (χ4v) is 5.15. The van der Waals surface area contributed by atoms with Crippen molar-refractivity contribution in [2.24, 2.45) is 0 Å². The van der Waals surface area contributed by atoms with Gasteiger partial charge in [0.25, 0.3) is 0 Å². The summed E-state index contributed by atoms with van der Waals surface area (Å²) in [6, 6.07) is 24.4. The highest BCUT2D eigenvalue weighted by Gasteiger charge is 2.27. The molecule has 0 unspecified atom stereocenters. The Morgan fingerprint density at radius 1 is 0.812 bits per heavy atom. The van der Waals surface area contributed by atoms with Gasteiger partial charge in [-0.05, 0) is 48.0 Å². The average Bonchev–Trinajstić information content (AvgIpc) is 2.81. The van der Waals surface area contributed by atoms with Crippen LogP contribution in [0.1, 0.15) is 5.56 Å². The second-order valence-corrected chi connectivity index (χ2v) is 9.96. The molecule has 1 amide bonds. The Hall–Kier alpha value is -3.00. The highest BCUT2D eigenvalue weighted by molar-refractivity contribution is 7.89. The standard InChI is InChI=1S/C25H27N3O3S/c1-27-15-17-28(18-16-27)32(30,31)24-13-11-23(12-14-24)26-25(29)19-20-7-9-22(10-8-20)21-5-3-2-4-6-21/h2-14H,15-19H2,1H3,(H,26,29). The van der Waals surface area contributed by atoms with Crippen molar-refractivity contribution < 1.29 is 13.2 Å². The first-order valence-electron chi connectivity index (χ1n) is 10.6. The summed E-state index contributed by atoms with van der Waals surface area (Å²) in [5.41, 5.74) is 3.73. The normalized spacial score (nSPS) is 15.4. The van der Waals surface area contributed by atoms with Crippen LogP contribution in [0, 0.1) is 0 Å². The van der Waals surface area contributed by atoms with Gasteiger partial charge in [0, 0.05) is 31.9 Å². The van der Waals surface area contributed by atoms with Crippen LogP contribution in [-0.2, 0) is 21.2 Å². The van der Waals surface area contributed by atoms with Crippen LogP contribution in [0.3, 0.4) is 0 Å². The van der Waals surface area contributed by atoms with Crippen molar-refractivity contribution in [3.8, 4) is 11.1 Å². The number of hydrogen-bond acceptors (Lipinski definition) is 4. The molecule has 1 aliphatic heterocycles. The van der Waals surface area contributed by atoms with E-state index in [-0.39, 0.29) is 17.2 Å². The van der Waals surface area contributed by atoms with Crippen LogP contribution in [-0.4, -0.2) is 56.8 Å². The lowest BCUT2D eigenvalue weighted by Gasteiger charge is -2.31. The lowest BCUT2D eigenvalue weighted by Crippen LogP contribution is -2.46. The van der Waals surface area contributed by atoms with E-state index < -0.39 is 10.0 Å². The van der Waals surface area contributed by atoms with Gasteiger partial charge in [-0.15, -0.1) is 0 Å². The van der Waals surface area contributed by atoms with Crippen molar-refractivity contribution in [1.82, 2.24) is 9.21 Å². The SMILES string of the molecule is CN1CCN(S(=O)(=O)c2ccc(NC(=O)Cc3ccc(-c4ccccc4)cc3)cc2)CC1. The molecule has 4 rings (SSSR count). The van der Waals surface area contributed by atoms with Gasteiger partial charge in [-0.25, -0.2) is 8.42 Å². The molecule has 1 aliphatic rings. The second-order valence-electron chi connectivity index (χ2n) is 8.02. The molecule has 0 bridgehead atoms. The maximum atomic E-state index is 12.8. The highest BCUT2D eigenvalue weighted by atomic mass is 32.2. The van der Waals surface area contributed by atoms with Crippen LogP contribution in [0.25, 0.3) is 11.1 Å². The molecule has 0 saturated carbocycles. The smallest absolute Gasteiger partial charge is 0.243 e. The van der Waals surface area contributed by atoms with Gasteiger partial charge < -0.3 is 10.2 Å². The molecule has 1 heterocycles. The number of nitrogens with zero attached hydrogens (tertiary/aromatic N) is 2. The number of benzene rings is 3. The molecule has 6 nitrogen and oxygen atoms in total. The molecular weight excluding hydrogens is 422 g/mol.